The lowest BCUT2D eigenvalue weighted by atomic mass is 9.90. The predicted molar refractivity (Wildman–Crippen MR) is 179 cm³/mol. The molecule has 0 aliphatic carbocycles. The Hall–Kier alpha value is -4.38. The molecule has 2 aromatic carbocycles. The van der Waals surface area contributed by atoms with Gasteiger partial charge in [0.15, 0.2) is 0 Å². The molecule has 1 aromatic heterocycles. The molecule has 11 heteroatoms. The molecule has 0 bridgehead atoms. The topological polar surface area (TPSA) is 117 Å². The number of benzene rings is 2. The summed E-state index contributed by atoms with van der Waals surface area (Å²) in [6.07, 6.45) is 0.687. The molecule has 2 aliphatic rings. The summed E-state index contributed by atoms with van der Waals surface area (Å²) in [5.74, 6) is 0.703. The summed E-state index contributed by atoms with van der Waals surface area (Å²) in [4.78, 5) is 49.1. The molecule has 47 heavy (non-hydrogen) atoms. The minimum Gasteiger partial charge on any atom is -0.444 e. The molecule has 0 radical (unpaired) electrons. The molecule has 252 valence electrons. The molecule has 3 aromatic rings. The van der Waals surface area contributed by atoms with Crippen molar-refractivity contribution in [2.24, 2.45) is 0 Å². The van der Waals surface area contributed by atoms with Crippen molar-refractivity contribution < 1.29 is 29.0 Å². The van der Waals surface area contributed by atoms with Crippen LogP contribution in [0.15, 0.2) is 54.7 Å². The van der Waals surface area contributed by atoms with Gasteiger partial charge in [-0.3, -0.25) is 14.6 Å². The second-order valence-corrected chi connectivity index (χ2v) is 14.3. The Morgan fingerprint density at radius 3 is 2.28 bits per heavy atom. The summed E-state index contributed by atoms with van der Waals surface area (Å²) in [5.41, 5.74) is 2.21. The summed E-state index contributed by atoms with van der Waals surface area (Å²) in [5, 5.41) is 11.5. The molecular weight excluding hydrogens is 598 g/mol. The summed E-state index contributed by atoms with van der Waals surface area (Å²) < 4.78 is 13.4. The average Bonchev–Trinajstić information content (AvgIpc) is 3.42. The van der Waals surface area contributed by atoms with Gasteiger partial charge in [-0.25, -0.2) is 14.6 Å². The smallest absolute Gasteiger partial charge is 0.415 e. The first-order chi connectivity index (χ1) is 22.1. The van der Waals surface area contributed by atoms with E-state index in [0.29, 0.717) is 48.7 Å². The molecule has 5 rings (SSSR count). The number of carbonyl (C=O) groups excluding carboxylic acids is 3. The third-order valence-electron chi connectivity index (χ3n) is 8.35. The fourth-order valence-electron chi connectivity index (χ4n) is 6.27. The Morgan fingerprint density at radius 2 is 1.64 bits per heavy atom. The van der Waals surface area contributed by atoms with Crippen molar-refractivity contribution in [1.82, 2.24) is 14.5 Å². The molecule has 0 fully saturated rings. The van der Waals surface area contributed by atoms with Crippen LogP contribution >= 0.6 is 0 Å². The van der Waals surface area contributed by atoms with Crippen LogP contribution in [-0.2, 0) is 27.4 Å². The minimum absolute atomic E-state index is 0.0326. The molecule has 3 heterocycles. The Kier molecular flexibility index (Phi) is 9.41. The number of aliphatic hydroxyl groups is 1. The number of carbonyl (C=O) groups is 3. The largest absolute Gasteiger partial charge is 0.444 e. The van der Waals surface area contributed by atoms with Gasteiger partial charge < -0.3 is 24.0 Å². The molecule has 1 N–H and O–H groups in total. The van der Waals surface area contributed by atoms with Crippen LogP contribution in [0.3, 0.4) is 0 Å². The van der Waals surface area contributed by atoms with E-state index < -0.39 is 29.5 Å². The van der Waals surface area contributed by atoms with E-state index >= 15 is 0 Å². The van der Waals surface area contributed by atoms with Gasteiger partial charge in [0.25, 0.3) is 0 Å². The lowest BCUT2D eigenvalue weighted by molar-refractivity contribution is -0.118. The van der Waals surface area contributed by atoms with Crippen molar-refractivity contribution in [1.29, 1.82) is 0 Å². The van der Waals surface area contributed by atoms with E-state index in [4.69, 9.17) is 9.47 Å². The first kappa shape index (κ1) is 34.0. The number of hydrogen-bond donors (Lipinski definition) is 1. The van der Waals surface area contributed by atoms with E-state index in [2.05, 4.69) is 4.98 Å². The quantitative estimate of drug-likeness (QED) is 0.327. The monoisotopic (exact) mass is 645 g/mol. The Labute approximate surface area is 277 Å². The Morgan fingerprint density at radius 1 is 0.979 bits per heavy atom. The van der Waals surface area contributed by atoms with Gasteiger partial charge in [0.2, 0.25) is 5.91 Å². The van der Waals surface area contributed by atoms with Crippen molar-refractivity contribution in [3.8, 4) is 0 Å². The summed E-state index contributed by atoms with van der Waals surface area (Å²) in [6.45, 7) is 16.1. The minimum atomic E-state index is -0.975. The number of anilines is 2. The molecule has 2 aliphatic heterocycles. The van der Waals surface area contributed by atoms with Crippen molar-refractivity contribution in [3.63, 3.8) is 0 Å². The zero-order chi connectivity index (χ0) is 34.3. The van der Waals surface area contributed by atoms with Crippen LogP contribution < -0.4 is 9.80 Å². The second-order valence-electron chi connectivity index (χ2n) is 14.3. The van der Waals surface area contributed by atoms with Crippen LogP contribution in [0.2, 0.25) is 0 Å². The summed E-state index contributed by atoms with van der Waals surface area (Å²) in [7, 11) is 0. The molecule has 11 nitrogen and oxygen atoms in total. The highest BCUT2D eigenvalue weighted by molar-refractivity contribution is 5.96. The van der Waals surface area contributed by atoms with Crippen LogP contribution in [0, 0.1) is 0 Å². The predicted octanol–water partition coefficient (Wildman–Crippen LogP) is 6.73. The van der Waals surface area contributed by atoms with Gasteiger partial charge in [0.1, 0.15) is 23.1 Å². The number of nitrogens with zero attached hydrogens (tertiary/aromatic N) is 5. The van der Waals surface area contributed by atoms with E-state index in [-0.39, 0.29) is 24.5 Å². The maximum absolute atomic E-state index is 13.9. The number of aromatic nitrogens is 2. The van der Waals surface area contributed by atoms with Gasteiger partial charge in [0, 0.05) is 36.9 Å². The number of amides is 3. The second kappa shape index (κ2) is 13.0. The number of imidazole rings is 1. The lowest BCUT2D eigenvalue weighted by Gasteiger charge is -2.43. The van der Waals surface area contributed by atoms with Gasteiger partial charge in [-0.1, -0.05) is 37.3 Å². The third kappa shape index (κ3) is 7.30. The van der Waals surface area contributed by atoms with Crippen LogP contribution in [-0.4, -0.2) is 61.4 Å². The first-order valence-electron chi connectivity index (χ1n) is 16.3. The number of hydrogen-bond acceptors (Lipinski definition) is 7. The van der Waals surface area contributed by atoms with Crippen LogP contribution in [0.1, 0.15) is 103 Å². The maximum Gasteiger partial charge on any atom is 0.415 e. The Balaban J connectivity index is 1.43. The van der Waals surface area contributed by atoms with Crippen molar-refractivity contribution in [2.75, 3.05) is 16.3 Å². The van der Waals surface area contributed by atoms with Crippen molar-refractivity contribution >= 4 is 29.5 Å². The zero-order valence-electron chi connectivity index (χ0n) is 28.7. The van der Waals surface area contributed by atoms with Gasteiger partial charge in [-0.2, -0.15) is 0 Å². The van der Waals surface area contributed by atoms with Crippen molar-refractivity contribution in [2.45, 2.75) is 111 Å². The Bertz CT molecular complexity index is 1620. The first-order valence-corrected chi connectivity index (χ1v) is 16.3. The highest BCUT2D eigenvalue weighted by Gasteiger charge is 2.40. The third-order valence-corrected chi connectivity index (χ3v) is 8.35. The average molecular weight is 646 g/mol. The lowest BCUT2D eigenvalue weighted by Crippen LogP contribution is -2.48. The molecule has 0 spiro atoms. The number of para-hydroxylation sites is 1. The van der Waals surface area contributed by atoms with Crippen molar-refractivity contribution in [3.05, 3.63) is 77.4 Å². The normalized spacial score (nSPS) is 18.6. The standard InChI is InChI=1S/C36H47N5O6/c1-9-31(42)40-23(2)20-28(26-12-10-11-13-27(26)40)41(34(45)47-36(6,7)8)25-16-14-24(15-17-25)32(43)29-21-37-30-22-38(18-19-39(29)30)33(44)46-35(3,4)5/h10-17,21,23,28,32,43H,9,18-20,22H2,1-8H3/t23-,28+,32?/m0/s1. The molecule has 0 saturated heterocycles. The molecule has 1 unspecified atom stereocenters. The van der Waals surface area contributed by atoms with Crippen LogP contribution in [0.5, 0.6) is 0 Å². The fraction of sp³-hybridized carbons (Fsp3) is 0.500. The molecular formula is C36H47N5O6. The summed E-state index contributed by atoms with van der Waals surface area (Å²) in [6, 6.07) is 14.4. The number of rotatable bonds is 5. The number of ether oxygens (including phenoxy) is 2. The van der Waals surface area contributed by atoms with Crippen LogP contribution in [0.4, 0.5) is 21.0 Å². The van der Waals surface area contributed by atoms with Gasteiger partial charge >= 0.3 is 12.2 Å². The van der Waals surface area contributed by atoms with Gasteiger partial charge in [0.05, 0.1) is 24.5 Å². The number of aliphatic hydroxyl groups excluding tert-OH is 1. The highest BCUT2D eigenvalue weighted by atomic mass is 16.6. The molecule has 0 saturated carbocycles. The van der Waals surface area contributed by atoms with E-state index in [0.717, 1.165) is 11.3 Å². The van der Waals surface area contributed by atoms with Gasteiger partial charge in [-0.05, 0) is 84.2 Å². The van der Waals surface area contributed by atoms with E-state index in [1.54, 1.807) is 28.1 Å². The van der Waals surface area contributed by atoms with E-state index in [1.807, 2.05) is 101 Å². The molecule has 3 atom stereocenters. The van der Waals surface area contributed by atoms with Gasteiger partial charge in [-0.15, -0.1) is 0 Å². The van der Waals surface area contributed by atoms with Crippen LogP contribution in [0.25, 0.3) is 0 Å². The maximum atomic E-state index is 13.9. The van der Waals surface area contributed by atoms with E-state index in [1.165, 1.54) is 0 Å². The molecule has 3 amide bonds. The fourth-order valence-corrected chi connectivity index (χ4v) is 6.27. The zero-order valence-corrected chi connectivity index (χ0v) is 28.7. The number of fused-ring (bicyclic) bond motifs is 2. The summed E-state index contributed by atoms with van der Waals surface area (Å²) >= 11 is 0. The van der Waals surface area contributed by atoms with E-state index in [9.17, 15) is 19.5 Å². The highest BCUT2D eigenvalue weighted by Crippen LogP contribution is 2.43. The SMILES string of the molecule is CCC(=O)N1c2ccccc2[C@H](N(C(=O)OC(C)(C)C)c2ccc(C(O)c3cnc4n3CCN(C(=O)OC(C)(C)C)C4)cc2)C[C@@H]1C.